The van der Waals surface area contributed by atoms with Gasteiger partial charge in [0.05, 0.1) is 30.8 Å². The second-order valence-electron chi connectivity index (χ2n) is 8.19. The van der Waals surface area contributed by atoms with Crippen LogP contribution in [0.3, 0.4) is 0 Å². The van der Waals surface area contributed by atoms with Gasteiger partial charge in [0.25, 0.3) is 5.91 Å². The molecule has 0 atom stereocenters. The standard InChI is InChI=1S/C25H23F2N5O2/c26-20-4-5-21(28)23(27)22(20)25(33)31-17-11-18-19(13-30-24(18)29-12-17)16-3-1-2-15(10-16)14-32-6-8-34-9-7-32/h1-5,10-13H,6-9,14,28H2,(H,29,30)(H,31,33). The maximum absolute atomic E-state index is 14.3. The van der Waals surface area contributed by atoms with Gasteiger partial charge in [-0.15, -0.1) is 0 Å². The van der Waals surface area contributed by atoms with Gasteiger partial charge in [-0.05, 0) is 35.4 Å². The summed E-state index contributed by atoms with van der Waals surface area (Å²) in [6.07, 6.45) is 3.28. The Labute approximate surface area is 194 Å². The number of anilines is 2. The van der Waals surface area contributed by atoms with Gasteiger partial charge in [0.2, 0.25) is 0 Å². The lowest BCUT2D eigenvalue weighted by Crippen LogP contribution is -2.35. The Morgan fingerprint density at radius 3 is 2.82 bits per heavy atom. The van der Waals surface area contributed by atoms with Crippen molar-refractivity contribution < 1.29 is 18.3 Å². The largest absolute Gasteiger partial charge is 0.396 e. The van der Waals surface area contributed by atoms with Crippen molar-refractivity contribution in [2.24, 2.45) is 0 Å². The van der Waals surface area contributed by atoms with Crippen molar-refractivity contribution in [3.05, 3.63) is 77.6 Å². The van der Waals surface area contributed by atoms with Crippen molar-refractivity contribution in [1.29, 1.82) is 0 Å². The summed E-state index contributed by atoms with van der Waals surface area (Å²) in [5.41, 5.74) is 8.48. The van der Waals surface area contributed by atoms with E-state index in [2.05, 4.69) is 32.3 Å². The number of morpholine rings is 1. The fourth-order valence-electron chi connectivity index (χ4n) is 4.14. The number of aromatic nitrogens is 2. The number of carbonyl (C=O) groups is 1. The highest BCUT2D eigenvalue weighted by Crippen LogP contribution is 2.30. The number of H-pyrrole nitrogens is 1. The number of fused-ring (bicyclic) bond motifs is 1. The highest BCUT2D eigenvalue weighted by atomic mass is 19.1. The molecule has 5 rings (SSSR count). The molecule has 7 nitrogen and oxygen atoms in total. The van der Waals surface area contributed by atoms with Gasteiger partial charge in [0.15, 0.2) is 5.82 Å². The van der Waals surface area contributed by atoms with Gasteiger partial charge >= 0.3 is 0 Å². The number of nitrogens with one attached hydrogen (secondary N) is 2. The second kappa shape index (κ2) is 9.20. The first-order valence-corrected chi connectivity index (χ1v) is 10.9. The number of hydrogen-bond donors (Lipinski definition) is 3. The van der Waals surface area contributed by atoms with E-state index in [1.54, 1.807) is 6.07 Å². The number of pyridine rings is 1. The summed E-state index contributed by atoms with van der Waals surface area (Å²) >= 11 is 0. The number of nitrogens with two attached hydrogens (primary N) is 1. The van der Waals surface area contributed by atoms with Crippen molar-refractivity contribution in [3.8, 4) is 11.1 Å². The molecule has 4 N–H and O–H groups in total. The molecule has 0 unspecified atom stereocenters. The van der Waals surface area contributed by atoms with Crippen LogP contribution in [0.4, 0.5) is 20.2 Å². The average molecular weight is 463 g/mol. The molecule has 174 valence electrons. The molecule has 34 heavy (non-hydrogen) atoms. The van der Waals surface area contributed by atoms with Crippen molar-refractivity contribution >= 4 is 28.3 Å². The van der Waals surface area contributed by atoms with Crippen LogP contribution in [0.2, 0.25) is 0 Å². The van der Waals surface area contributed by atoms with Crippen LogP contribution in [0.15, 0.2) is 54.9 Å². The zero-order valence-electron chi connectivity index (χ0n) is 18.3. The summed E-state index contributed by atoms with van der Waals surface area (Å²) in [6.45, 7) is 4.12. The zero-order valence-corrected chi connectivity index (χ0v) is 18.3. The molecular weight excluding hydrogens is 440 g/mol. The van der Waals surface area contributed by atoms with Crippen molar-refractivity contribution in [2.45, 2.75) is 6.54 Å². The highest BCUT2D eigenvalue weighted by molar-refractivity contribution is 6.06. The van der Waals surface area contributed by atoms with Crippen LogP contribution in [0.1, 0.15) is 15.9 Å². The summed E-state index contributed by atoms with van der Waals surface area (Å²) in [7, 11) is 0. The summed E-state index contributed by atoms with van der Waals surface area (Å²) in [4.78, 5) is 22.4. The predicted octanol–water partition coefficient (Wildman–Crippen LogP) is 4.17. The Bertz CT molecular complexity index is 1360. The van der Waals surface area contributed by atoms with Crippen LogP contribution in [0.25, 0.3) is 22.2 Å². The van der Waals surface area contributed by atoms with Gasteiger partial charge in [-0.1, -0.05) is 18.2 Å². The lowest BCUT2D eigenvalue weighted by atomic mass is 10.0. The predicted molar refractivity (Wildman–Crippen MR) is 126 cm³/mol. The third kappa shape index (κ3) is 4.35. The Kier molecular flexibility index (Phi) is 5.95. The molecule has 0 radical (unpaired) electrons. The minimum absolute atomic E-state index is 0.301. The molecule has 2 aromatic heterocycles. The van der Waals surface area contributed by atoms with E-state index in [1.807, 2.05) is 18.3 Å². The molecule has 1 aliphatic rings. The van der Waals surface area contributed by atoms with E-state index in [1.165, 1.54) is 11.8 Å². The van der Waals surface area contributed by atoms with Crippen LogP contribution in [-0.2, 0) is 11.3 Å². The highest BCUT2D eigenvalue weighted by Gasteiger charge is 2.20. The van der Waals surface area contributed by atoms with Crippen molar-refractivity contribution in [2.75, 3.05) is 37.4 Å². The molecule has 0 saturated carbocycles. The normalized spacial score (nSPS) is 14.4. The Morgan fingerprint density at radius 2 is 2.00 bits per heavy atom. The first kappa shape index (κ1) is 22.0. The van der Waals surface area contributed by atoms with E-state index in [-0.39, 0.29) is 5.69 Å². The number of hydrogen-bond acceptors (Lipinski definition) is 5. The molecule has 1 fully saturated rings. The molecule has 3 heterocycles. The third-order valence-corrected chi connectivity index (χ3v) is 5.88. The van der Waals surface area contributed by atoms with Gasteiger partial charge < -0.3 is 20.8 Å². The topological polar surface area (TPSA) is 96.3 Å². The number of carbonyl (C=O) groups excluding carboxylic acids is 1. The first-order chi connectivity index (χ1) is 16.5. The quantitative estimate of drug-likeness (QED) is 0.386. The van der Waals surface area contributed by atoms with E-state index in [0.29, 0.717) is 11.3 Å². The zero-order chi connectivity index (χ0) is 23.7. The molecule has 1 saturated heterocycles. The van der Waals surface area contributed by atoms with Crippen LogP contribution >= 0.6 is 0 Å². The second-order valence-corrected chi connectivity index (χ2v) is 8.19. The molecule has 4 aromatic rings. The molecular formula is C25H23F2N5O2. The van der Waals surface area contributed by atoms with Gasteiger partial charge in [-0.3, -0.25) is 9.69 Å². The van der Waals surface area contributed by atoms with E-state index in [0.717, 1.165) is 61.5 Å². The number of nitrogens with zero attached hydrogens (tertiary/aromatic N) is 2. The number of rotatable bonds is 5. The number of halogens is 2. The minimum Gasteiger partial charge on any atom is -0.396 e. The van der Waals surface area contributed by atoms with Crippen LogP contribution < -0.4 is 11.1 Å². The molecule has 2 aromatic carbocycles. The van der Waals surface area contributed by atoms with Crippen LogP contribution in [-0.4, -0.2) is 47.1 Å². The first-order valence-electron chi connectivity index (χ1n) is 10.9. The molecule has 9 heteroatoms. The van der Waals surface area contributed by atoms with E-state index in [9.17, 15) is 13.6 Å². The summed E-state index contributed by atoms with van der Waals surface area (Å²) in [5, 5.41) is 3.30. The van der Waals surface area contributed by atoms with Crippen molar-refractivity contribution in [3.63, 3.8) is 0 Å². The fraction of sp³-hybridized carbons (Fsp3) is 0.200. The molecule has 0 bridgehead atoms. The number of aromatic amines is 1. The summed E-state index contributed by atoms with van der Waals surface area (Å²) in [6, 6.07) is 12.0. The van der Waals surface area contributed by atoms with E-state index < -0.39 is 23.1 Å². The van der Waals surface area contributed by atoms with Gasteiger partial charge in [-0.25, -0.2) is 13.8 Å². The molecule has 1 amide bonds. The Balaban J connectivity index is 1.42. The van der Waals surface area contributed by atoms with Crippen molar-refractivity contribution in [1.82, 2.24) is 14.9 Å². The lowest BCUT2D eigenvalue weighted by molar-refractivity contribution is 0.0342. The number of ether oxygens (including phenoxy) is 1. The average Bonchev–Trinajstić information content (AvgIpc) is 3.26. The number of benzene rings is 2. The Hall–Kier alpha value is -3.82. The van der Waals surface area contributed by atoms with Crippen LogP contribution in [0, 0.1) is 11.6 Å². The Morgan fingerprint density at radius 1 is 1.18 bits per heavy atom. The maximum Gasteiger partial charge on any atom is 0.261 e. The maximum atomic E-state index is 14.3. The van der Waals surface area contributed by atoms with E-state index in [4.69, 9.17) is 10.5 Å². The smallest absolute Gasteiger partial charge is 0.261 e. The monoisotopic (exact) mass is 463 g/mol. The minimum atomic E-state index is -1.09. The van der Waals surface area contributed by atoms with Gasteiger partial charge in [0, 0.05) is 36.8 Å². The van der Waals surface area contributed by atoms with E-state index >= 15 is 0 Å². The SMILES string of the molecule is Nc1ccc(F)c(C(=O)Nc2cnc3[nH]cc(-c4cccc(CN5CCOCC5)c4)c3c2)c1F. The fourth-order valence-corrected chi connectivity index (χ4v) is 4.14. The number of amides is 1. The molecule has 0 spiro atoms. The molecule has 0 aliphatic carbocycles. The van der Waals surface area contributed by atoms with Gasteiger partial charge in [0.1, 0.15) is 17.0 Å². The summed E-state index contributed by atoms with van der Waals surface area (Å²) < 4.78 is 33.8. The number of nitrogen functional groups attached to an aromatic ring is 1. The summed E-state index contributed by atoms with van der Waals surface area (Å²) in [5.74, 6) is -3.02. The lowest BCUT2D eigenvalue weighted by Gasteiger charge is -2.26. The third-order valence-electron chi connectivity index (χ3n) is 5.88. The molecule has 1 aliphatic heterocycles. The van der Waals surface area contributed by atoms with Crippen LogP contribution in [0.5, 0.6) is 0 Å². The van der Waals surface area contributed by atoms with Gasteiger partial charge in [-0.2, -0.15) is 0 Å².